The molecule has 1 N–H and O–H groups in total. The minimum Gasteiger partial charge on any atom is -0.390 e. The molecule has 4 heterocycles. The van der Waals surface area contributed by atoms with E-state index in [1.807, 2.05) is 6.20 Å². The number of morpholine rings is 1. The number of aliphatic hydroxyl groups excluding tert-OH is 1. The largest absolute Gasteiger partial charge is 0.390 e. The van der Waals surface area contributed by atoms with Gasteiger partial charge in [0.2, 0.25) is 0 Å². The summed E-state index contributed by atoms with van der Waals surface area (Å²) < 4.78 is 33.6. The first kappa shape index (κ1) is 22.6. The van der Waals surface area contributed by atoms with Crippen LogP contribution in [0.15, 0.2) is 36.5 Å². The fraction of sp³-hybridized carbons (Fsp3) is 0.462. The number of hydrogen-bond donors (Lipinski definition) is 1. The van der Waals surface area contributed by atoms with Crippen molar-refractivity contribution < 1.29 is 18.6 Å². The number of aliphatic hydroxyl groups is 1. The molecular weight excluding hydrogens is 452 g/mol. The predicted octanol–water partition coefficient (Wildman–Crippen LogP) is 3.26. The fourth-order valence-electron chi connectivity index (χ4n) is 5.52. The van der Waals surface area contributed by atoms with E-state index < -0.39 is 11.6 Å². The molecule has 0 radical (unpaired) electrons. The molecule has 2 aromatic carbocycles. The van der Waals surface area contributed by atoms with Crippen molar-refractivity contribution in [2.75, 3.05) is 55.7 Å². The highest BCUT2D eigenvalue weighted by Gasteiger charge is 2.31. The van der Waals surface area contributed by atoms with Crippen molar-refractivity contribution in [1.82, 2.24) is 14.9 Å². The number of benzene rings is 2. The number of ether oxygens (including phenoxy) is 1. The fourth-order valence-corrected chi connectivity index (χ4v) is 5.52. The van der Waals surface area contributed by atoms with Crippen molar-refractivity contribution in [2.45, 2.75) is 31.5 Å². The average Bonchev–Trinajstić information content (AvgIpc) is 3.32. The molecule has 3 aliphatic heterocycles. The highest BCUT2D eigenvalue weighted by Crippen LogP contribution is 2.40. The van der Waals surface area contributed by atoms with E-state index in [4.69, 9.17) is 14.7 Å². The monoisotopic (exact) mass is 481 g/mol. The van der Waals surface area contributed by atoms with Crippen molar-refractivity contribution >= 4 is 22.5 Å². The average molecular weight is 482 g/mol. The molecule has 0 spiro atoms. The van der Waals surface area contributed by atoms with Crippen LogP contribution in [0.4, 0.5) is 20.3 Å². The van der Waals surface area contributed by atoms with E-state index in [-0.39, 0.29) is 12.1 Å². The summed E-state index contributed by atoms with van der Waals surface area (Å²) in [4.78, 5) is 16.3. The standard InChI is InChI=1S/C26H29F2N5O2/c27-18-10-19(28)12-20(11-18)33-3-1-2-24(33)22-8-17(14-31-15-21(34)16-31)9-23-26(22)30-25(13-29-23)32-4-6-35-7-5-32/h8-13,21,24,34H,1-7,14-16H2. The highest BCUT2D eigenvalue weighted by atomic mass is 19.1. The van der Waals surface area contributed by atoms with Crippen LogP contribution in [0.3, 0.4) is 0 Å². The Morgan fingerprint density at radius 3 is 2.51 bits per heavy atom. The predicted molar refractivity (Wildman–Crippen MR) is 130 cm³/mol. The lowest BCUT2D eigenvalue weighted by Crippen LogP contribution is -2.49. The van der Waals surface area contributed by atoms with Crippen LogP contribution in [0, 0.1) is 11.6 Å². The van der Waals surface area contributed by atoms with Gasteiger partial charge < -0.3 is 19.6 Å². The number of aromatic nitrogens is 2. The lowest BCUT2D eigenvalue weighted by atomic mass is 9.98. The summed E-state index contributed by atoms with van der Waals surface area (Å²) in [7, 11) is 0. The van der Waals surface area contributed by atoms with Crippen LogP contribution in [-0.2, 0) is 11.3 Å². The Morgan fingerprint density at radius 1 is 1.00 bits per heavy atom. The quantitative estimate of drug-likeness (QED) is 0.600. The molecule has 6 rings (SSSR count). The Kier molecular flexibility index (Phi) is 5.99. The van der Waals surface area contributed by atoms with Crippen LogP contribution in [0.1, 0.15) is 30.0 Å². The van der Waals surface area contributed by atoms with Crippen LogP contribution in [0.2, 0.25) is 0 Å². The molecule has 9 heteroatoms. The number of hydrogen-bond acceptors (Lipinski definition) is 7. The van der Waals surface area contributed by atoms with Gasteiger partial charge in [0.1, 0.15) is 17.5 Å². The van der Waals surface area contributed by atoms with Gasteiger partial charge in [-0.05, 0) is 36.6 Å². The third-order valence-corrected chi connectivity index (χ3v) is 7.19. The summed E-state index contributed by atoms with van der Waals surface area (Å²) in [6.45, 7) is 5.61. The first-order valence-corrected chi connectivity index (χ1v) is 12.3. The van der Waals surface area contributed by atoms with Gasteiger partial charge >= 0.3 is 0 Å². The topological polar surface area (TPSA) is 65.0 Å². The van der Waals surface area contributed by atoms with Crippen LogP contribution in [0.5, 0.6) is 0 Å². The molecule has 3 fully saturated rings. The summed E-state index contributed by atoms with van der Waals surface area (Å²) >= 11 is 0. The van der Waals surface area contributed by atoms with E-state index in [9.17, 15) is 13.9 Å². The van der Waals surface area contributed by atoms with Crippen LogP contribution in [0.25, 0.3) is 11.0 Å². The number of halogens is 2. The molecular formula is C26H29F2N5O2. The summed E-state index contributed by atoms with van der Waals surface area (Å²) in [6, 6.07) is 7.89. The van der Waals surface area contributed by atoms with Crippen molar-refractivity contribution in [3.8, 4) is 0 Å². The Hall–Kier alpha value is -2.88. The van der Waals surface area contributed by atoms with Crippen LogP contribution >= 0.6 is 0 Å². The van der Waals surface area contributed by atoms with Crippen molar-refractivity contribution in [3.63, 3.8) is 0 Å². The number of fused-ring (bicyclic) bond motifs is 1. The van der Waals surface area contributed by atoms with Gasteiger partial charge in [-0.3, -0.25) is 9.88 Å². The summed E-state index contributed by atoms with van der Waals surface area (Å²) in [5, 5.41) is 9.71. The smallest absolute Gasteiger partial charge is 0.148 e. The maximum atomic E-state index is 14.1. The van der Waals surface area contributed by atoms with Gasteiger partial charge in [-0.1, -0.05) is 6.07 Å². The Bertz CT molecular complexity index is 1210. The van der Waals surface area contributed by atoms with E-state index in [2.05, 4.69) is 26.8 Å². The second kappa shape index (κ2) is 9.29. The maximum absolute atomic E-state index is 14.1. The molecule has 0 saturated carbocycles. The Balaban J connectivity index is 1.42. The zero-order valence-electron chi connectivity index (χ0n) is 19.5. The molecule has 0 bridgehead atoms. The molecule has 35 heavy (non-hydrogen) atoms. The van der Waals surface area contributed by atoms with E-state index in [1.54, 1.807) is 0 Å². The van der Waals surface area contributed by atoms with E-state index in [0.717, 1.165) is 60.0 Å². The third kappa shape index (κ3) is 4.55. The first-order valence-electron chi connectivity index (χ1n) is 12.3. The normalized spacial score (nSPS) is 21.6. The van der Waals surface area contributed by atoms with Gasteiger partial charge in [-0.25, -0.2) is 13.8 Å². The number of β-amino-alcohol motifs (C(OH)–C–C–N with tert-alkyl or cyclic N) is 1. The number of nitrogens with zero attached hydrogens (tertiary/aromatic N) is 5. The summed E-state index contributed by atoms with van der Waals surface area (Å²) in [5.41, 5.74) is 4.32. The van der Waals surface area contributed by atoms with Crippen molar-refractivity contribution in [1.29, 1.82) is 0 Å². The Morgan fingerprint density at radius 2 is 1.77 bits per heavy atom. The van der Waals surface area contributed by atoms with Gasteiger partial charge in [0, 0.05) is 56.6 Å². The number of anilines is 2. The zero-order valence-corrected chi connectivity index (χ0v) is 19.5. The minimum atomic E-state index is -0.574. The van der Waals surface area contributed by atoms with Crippen molar-refractivity contribution in [3.05, 3.63) is 59.3 Å². The van der Waals surface area contributed by atoms with Gasteiger partial charge in [-0.2, -0.15) is 0 Å². The lowest BCUT2D eigenvalue weighted by Gasteiger charge is -2.36. The molecule has 1 atom stereocenters. The van der Waals surface area contributed by atoms with Gasteiger partial charge in [0.15, 0.2) is 0 Å². The van der Waals surface area contributed by atoms with Gasteiger partial charge in [0.25, 0.3) is 0 Å². The maximum Gasteiger partial charge on any atom is 0.148 e. The molecule has 3 aromatic rings. The second-order valence-corrected chi connectivity index (χ2v) is 9.71. The molecule has 1 unspecified atom stereocenters. The van der Waals surface area contributed by atoms with E-state index in [0.29, 0.717) is 45.1 Å². The molecule has 1 aromatic heterocycles. The third-order valence-electron chi connectivity index (χ3n) is 7.19. The second-order valence-electron chi connectivity index (χ2n) is 9.71. The summed E-state index contributed by atoms with van der Waals surface area (Å²) in [6.07, 6.45) is 3.34. The SMILES string of the molecule is OC1CN(Cc2cc(C3CCCN3c3cc(F)cc(F)c3)c3nc(N4CCOCC4)cnc3c2)C1. The van der Waals surface area contributed by atoms with Gasteiger partial charge in [-0.15, -0.1) is 0 Å². The summed E-state index contributed by atoms with van der Waals surface area (Å²) in [5.74, 6) is -0.327. The molecule has 184 valence electrons. The molecule has 0 aliphatic carbocycles. The van der Waals surface area contributed by atoms with Crippen LogP contribution in [-0.4, -0.2) is 72.0 Å². The number of likely N-dealkylation sites (tertiary alicyclic amines) is 1. The van der Waals surface area contributed by atoms with Crippen LogP contribution < -0.4 is 9.80 Å². The van der Waals surface area contributed by atoms with E-state index >= 15 is 0 Å². The first-order chi connectivity index (χ1) is 17.0. The minimum absolute atomic E-state index is 0.0603. The zero-order chi connectivity index (χ0) is 23.9. The molecule has 3 aliphatic rings. The lowest BCUT2D eigenvalue weighted by molar-refractivity contribution is -0.00285. The molecule has 7 nitrogen and oxygen atoms in total. The molecule has 0 amide bonds. The van der Waals surface area contributed by atoms with E-state index in [1.165, 1.54) is 12.1 Å². The molecule has 3 saturated heterocycles. The van der Waals surface area contributed by atoms with Gasteiger partial charge in [0.05, 0.1) is 42.6 Å². The van der Waals surface area contributed by atoms with Crippen molar-refractivity contribution in [2.24, 2.45) is 0 Å². The Labute approximate surface area is 202 Å². The highest BCUT2D eigenvalue weighted by molar-refractivity contribution is 5.81. The number of rotatable bonds is 5.